The van der Waals surface area contributed by atoms with E-state index in [1.54, 1.807) is 4.90 Å². The average Bonchev–Trinajstić information content (AvgIpc) is 2.25. The minimum Gasteiger partial charge on any atom is -0.444 e. The molecule has 1 aliphatic heterocycles. The molecule has 1 aliphatic rings. The highest BCUT2D eigenvalue weighted by atomic mass is 79.9. The van der Waals surface area contributed by atoms with Gasteiger partial charge in [-0.25, -0.2) is 4.79 Å². The van der Waals surface area contributed by atoms with Crippen molar-refractivity contribution in [3.8, 4) is 0 Å². The van der Waals surface area contributed by atoms with Crippen LogP contribution in [0, 0.1) is 5.92 Å². The van der Waals surface area contributed by atoms with Crippen molar-refractivity contribution in [2.24, 2.45) is 5.92 Å². The van der Waals surface area contributed by atoms with E-state index >= 15 is 0 Å². The summed E-state index contributed by atoms with van der Waals surface area (Å²) in [5, 5.41) is 0.279. The van der Waals surface area contributed by atoms with E-state index in [1.165, 1.54) is 0 Å². The van der Waals surface area contributed by atoms with Crippen molar-refractivity contribution in [1.29, 1.82) is 0 Å². The van der Waals surface area contributed by atoms with Gasteiger partial charge in [-0.1, -0.05) is 22.9 Å². The van der Waals surface area contributed by atoms with Crippen LogP contribution in [0.15, 0.2) is 0 Å². The lowest BCUT2D eigenvalue weighted by atomic mass is 9.89. The van der Waals surface area contributed by atoms with Crippen molar-refractivity contribution in [1.82, 2.24) is 4.90 Å². The summed E-state index contributed by atoms with van der Waals surface area (Å²) in [5.74, 6) is 0.240. The molecule has 18 heavy (non-hydrogen) atoms. The molecule has 1 heterocycles. The van der Waals surface area contributed by atoms with Crippen LogP contribution in [-0.2, 0) is 9.53 Å². The number of hydrogen-bond donors (Lipinski definition) is 0. The molecule has 0 spiro atoms. The maximum Gasteiger partial charge on any atom is 0.410 e. The molecule has 1 saturated heterocycles. The fourth-order valence-corrected chi connectivity index (χ4v) is 2.62. The molecule has 0 radical (unpaired) electrons. The fraction of sp³-hybridized carbons (Fsp3) is 0.846. The van der Waals surface area contributed by atoms with Gasteiger partial charge in [0.05, 0.1) is 11.4 Å². The van der Waals surface area contributed by atoms with Crippen molar-refractivity contribution in [2.45, 2.75) is 52.2 Å². The second-order valence-corrected chi connectivity index (χ2v) is 6.40. The molecule has 0 aromatic carbocycles. The molecular formula is C13H22BrNO3. The Hall–Kier alpha value is -0.580. The Morgan fingerprint density at radius 2 is 2.00 bits per heavy atom. The Labute approximate surface area is 117 Å². The van der Waals surface area contributed by atoms with E-state index in [-0.39, 0.29) is 29.2 Å². The van der Waals surface area contributed by atoms with Crippen LogP contribution in [0.25, 0.3) is 0 Å². The number of alkyl halides is 1. The van der Waals surface area contributed by atoms with Crippen molar-refractivity contribution < 1.29 is 14.3 Å². The zero-order valence-electron chi connectivity index (χ0n) is 11.5. The maximum atomic E-state index is 12.1. The lowest BCUT2D eigenvalue weighted by Crippen LogP contribution is -2.53. The number of piperidine rings is 1. The Bertz CT molecular complexity index is 325. The van der Waals surface area contributed by atoms with Crippen LogP contribution in [0.4, 0.5) is 4.79 Å². The normalized spacial score (nSPS) is 24.8. The number of amides is 1. The Balaban J connectivity index is 2.82. The molecule has 0 aliphatic carbocycles. The molecular weight excluding hydrogens is 298 g/mol. The third kappa shape index (κ3) is 3.97. The highest BCUT2D eigenvalue weighted by molar-refractivity contribution is 9.09. The molecule has 1 amide bonds. The molecule has 2 atom stereocenters. The van der Waals surface area contributed by atoms with Crippen LogP contribution in [0.3, 0.4) is 0 Å². The molecule has 4 nitrogen and oxygen atoms in total. The van der Waals surface area contributed by atoms with Gasteiger partial charge in [-0.05, 0) is 39.5 Å². The van der Waals surface area contributed by atoms with Crippen molar-refractivity contribution in [3.05, 3.63) is 0 Å². The topological polar surface area (TPSA) is 46.6 Å². The number of ketones is 1. The minimum atomic E-state index is -0.528. The number of nitrogens with zero attached hydrogens (tertiary/aromatic N) is 1. The summed E-state index contributed by atoms with van der Waals surface area (Å²) in [6.45, 7) is 8.11. The molecule has 0 bridgehead atoms. The van der Waals surface area contributed by atoms with Gasteiger partial charge in [-0.3, -0.25) is 9.69 Å². The number of carbonyl (C=O) groups excluding carboxylic acids is 2. The van der Waals surface area contributed by atoms with E-state index in [0.717, 1.165) is 12.8 Å². The van der Waals surface area contributed by atoms with E-state index < -0.39 is 5.60 Å². The molecule has 104 valence electrons. The number of rotatable bonds is 2. The van der Waals surface area contributed by atoms with Crippen LogP contribution in [0.1, 0.15) is 40.5 Å². The van der Waals surface area contributed by atoms with E-state index in [1.807, 2.05) is 27.7 Å². The highest BCUT2D eigenvalue weighted by Gasteiger charge is 2.38. The van der Waals surface area contributed by atoms with Crippen LogP contribution in [0.2, 0.25) is 0 Å². The second kappa shape index (κ2) is 6.04. The summed E-state index contributed by atoms with van der Waals surface area (Å²) in [4.78, 5) is 25.7. The first kappa shape index (κ1) is 15.5. The van der Waals surface area contributed by atoms with Gasteiger partial charge in [0.25, 0.3) is 0 Å². The molecule has 0 saturated carbocycles. The van der Waals surface area contributed by atoms with Gasteiger partial charge in [-0.2, -0.15) is 0 Å². The Morgan fingerprint density at radius 3 is 2.50 bits per heavy atom. The predicted molar refractivity (Wildman–Crippen MR) is 73.9 cm³/mol. The third-order valence-corrected chi connectivity index (χ3v) is 3.58. The first-order valence-electron chi connectivity index (χ1n) is 6.34. The van der Waals surface area contributed by atoms with E-state index in [0.29, 0.717) is 6.54 Å². The quantitative estimate of drug-likeness (QED) is 0.735. The van der Waals surface area contributed by atoms with Crippen LogP contribution >= 0.6 is 15.9 Å². The van der Waals surface area contributed by atoms with E-state index in [9.17, 15) is 9.59 Å². The smallest absolute Gasteiger partial charge is 0.410 e. The van der Waals surface area contributed by atoms with Gasteiger partial charge in [0.1, 0.15) is 5.60 Å². The van der Waals surface area contributed by atoms with Gasteiger partial charge in [0, 0.05) is 6.54 Å². The van der Waals surface area contributed by atoms with Gasteiger partial charge in [0.2, 0.25) is 0 Å². The van der Waals surface area contributed by atoms with Gasteiger partial charge >= 0.3 is 6.09 Å². The summed E-state index contributed by atoms with van der Waals surface area (Å²) in [7, 11) is 0. The molecule has 0 N–H and O–H groups in total. The zero-order chi connectivity index (χ0) is 13.9. The number of carbonyl (C=O) groups is 2. The third-order valence-electron chi connectivity index (χ3n) is 3.02. The predicted octanol–water partition coefficient (Wildman–Crippen LogP) is 2.99. The van der Waals surface area contributed by atoms with Crippen LogP contribution in [0.5, 0.6) is 0 Å². The van der Waals surface area contributed by atoms with Gasteiger partial charge in [-0.15, -0.1) is 0 Å². The number of halogens is 1. The summed E-state index contributed by atoms with van der Waals surface area (Å²) in [6.07, 6.45) is 1.52. The van der Waals surface area contributed by atoms with Gasteiger partial charge in [0.15, 0.2) is 5.78 Å². The maximum absolute atomic E-state index is 12.1. The van der Waals surface area contributed by atoms with Gasteiger partial charge < -0.3 is 4.74 Å². The summed E-state index contributed by atoms with van der Waals surface area (Å²) >= 11 is 3.19. The summed E-state index contributed by atoms with van der Waals surface area (Å²) in [5.41, 5.74) is -0.528. The molecule has 1 fully saturated rings. The summed E-state index contributed by atoms with van der Waals surface area (Å²) < 4.78 is 5.37. The largest absolute Gasteiger partial charge is 0.444 e. The number of ether oxygens (including phenoxy) is 1. The van der Waals surface area contributed by atoms with E-state index in [2.05, 4.69) is 15.9 Å². The number of Topliss-reactive ketones (excluding diaryl/α,β-unsaturated/α-hetero) is 1. The zero-order valence-corrected chi connectivity index (χ0v) is 13.1. The van der Waals surface area contributed by atoms with E-state index in [4.69, 9.17) is 4.74 Å². The van der Waals surface area contributed by atoms with Crippen molar-refractivity contribution in [3.63, 3.8) is 0 Å². The molecule has 0 aromatic rings. The number of hydrogen-bond acceptors (Lipinski definition) is 3. The highest BCUT2D eigenvalue weighted by Crippen LogP contribution is 2.26. The Kier molecular flexibility index (Phi) is 5.20. The monoisotopic (exact) mass is 319 g/mol. The number of likely N-dealkylation sites (tertiary alicyclic amines) is 1. The summed E-state index contributed by atoms with van der Waals surface area (Å²) in [6, 6.07) is -0.354. The SMILES string of the molecule is CC1CCCN(C(=O)OC(C)(C)C)C1C(=O)CBr. The second-order valence-electron chi connectivity index (χ2n) is 5.84. The van der Waals surface area contributed by atoms with Crippen molar-refractivity contribution >= 4 is 27.8 Å². The molecule has 0 aromatic heterocycles. The first-order valence-corrected chi connectivity index (χ1v) is 7.46. The minimum absolute atomic E-state index is 0.0491. The first-order chi connectivity index (χ1) is 8.26. The standard InChI is InChI=1S/C13H22BrNO3/c1-9-6-5-7-15(11(9)10(16)8-14)12(17)18-13(2,3)4/h9,11H,5-8H2,1-4H3. The molecule has 5 heteroatoms. The molecule has 2 unspecified atom stereocenters. The lowest BCUT2D eigenvalue weighted by Gasteiger charge is -2.39. The van der Waals surface area contributed by atoms with Crippen LogP contribution in [-0.4, -0.2) is 40.3 Å². The Morgan fingerprint density at radius 1 is 1.39 bits per heavy atom. The lowest BCUT2D eigenvalue weighted by molar-refractivity contribution is -0.124. The van der Waals surface area contributed by atoms with Crippen molar-refractivity contribution in [2.75, 3.05) is 11.9 Å². The fourth-order valence-electron chi connectivity index (χ4n) is 2.28. The average molecular weight is 320 g/mol. The molecule has 1 rings (SSSR count). The van der Waals surface area contributed by atoms with Crippen LogP contribution < -0.4 is 0 Å².